The second-order valence-electron chi connectivity index (χ2n) is 7.81. The molecule has 1 heterocycles. The van der Waals surface area contributed by atoms with Crippen molar-refractivity contribution in [2.75, 3.05) is 32.8 Å². The van der Waals surface area contributed by atoms with Crippen molar-refractivity contribution in [1.29, 1.82) is 0 Å². The van der Waals surface area contributed by atoms with Crippen molar-refractivity contribution in [3.63, 3.8) is 0 Å². The number of carbonyl (C=O) groups excluding carboxylic acids is 2. The number of hydrogen-bond donors (Lipinski definition) is 0. The molecule has 0 aromatic heterocycles. The molecule has 1 aliphatic heterocycles. The van der Waals surface area contributed by atoms with Crippen LogP contribution in [-0.4, -0.2) is 49.0 Å². The van der Waals surface area contributed by atoms with Gasteiger partial charge >= 0.3 is 5.97 Å². The molecule has 1 aliphatic rings. The summed E-state index contributed by atoms with van der Waals surface area (Å²) in [5, 5.41) is 0. The van der Waals surface area contributed by atoms with Crippen LogP contribution in [0.15, 0.2) is 18.2 Å². The molecule has 4 nitrogen and oxygen atoms in total. The van der Waals surface area contributed by atoms with Gasteiger partial charge in [-0.15, -0.1) is 0 Å². The zero-order valence-corrected chi connectivity index (χ0v) is 20.3. The standard InChI is InChI=1S/C22H34NO3.Y/c1-5-13-26-22(25)19-11-8-12-23(6-2,15-19)16-20(24)14-21-17(3)9-7-10-18(21)4;/h7,9-10,19H,5-6,8,11-16H2,1-4H3;/q+1;. The van der Waals surface area contributed by atoms with E-state index >= 15 is 0 Å². The molecule has 1 aromatic carbocycles. The zero-order chi connectivity index (χ0) is 19.2. The Morgan fingerprint density at radius 3 is 2.44 bits per heavy atom. The Balaban J connectivity index is 0.00000364. The largest absolute Gasteiger partial charge is 0.465 e. The van der Waals surface area contributed by atoms with Gasteiger partial charge in [-0.2, -0.15) is 0 Å². The summed E-state index contributed by atoms with van der Waals surface area (Å²) >= 11 is 0. The number of esters is 1. The molecule has 2 rings (SSSR count). The van der Waals surface area contributed by atoms with E-state index < -0.39 is 0 Å². The number of rotatable bonds is 8. The summed E-state index contributed by atoms with van der Waals surface area (Å²) in [7, 11) is 0. The predicted octanol–water partition coefficient (Wildman–Crippen LogP) is 3.61. The fourth-order valence-corrected chi connectivity index (χ4v) is 4.13. The molecular formula is C22H34NO3Y+. The Kier molecular flexibility index (Phi) is 10.4. The SMILES string of the molecule is CCCOC(=O)C1CCC[N+](CC)(CC(=O)Cc2c(C)cccc2C)C1.[Y]. The van der Waals surface area contributed by atoms with Crippen LogP contribution in [-0.2, 0) is 53.5 Å². The normalized spacial score (nSPS) is 22.0. The van der Waals surface area contributed by atoms with E-state index in [2.05, 4.69) is 32.9 Å². The quantitative estimate of drug-likeness (QED) is 0.450. The number of likely N-dealkylation sites (tertiary alicyclic amines) is 1. The molecule has 27 heavy (non-hydrogen) atoms. The molecule has 0 aliphatic carbocycles. The van der Waals surface area contributed by atoms with Crippen LogP contribution in [0, 0.1) is 19.8 Å². The van der Waals surface area contributed by atoms with Gasteiger partial charge in [0.2, 0.25) is 0 Å². The summed E-state index contributed by atoms with van der Waals surface area (Å²) in [5.41, 5.74) is 3.52. The number of ether oxygens (including phenoxy) is 1. The second kappa shape index (κ2) is 11.4. The smallest absolute Gasteiger partial charge is 0.314 e. The van der Waals surface area contributed by atoms with Gasteiger partial charge in [0.05, 0.1) is 26.2 Å². The van der Waals surface area contributed by atoms with Crippen LogP contribution in [0.5, 0.6) is 0 Å². The molecular weight excluding hydrogens is 415 g/mol. The first-order valence-electron chi connectivity index (χ1n) is 9.99. The molecule has 2 unspecified atom stereocenters. The first-order valence-corrected chi connectivity index (χ1v) is 9.99. The van der Waals surface area contributed by atoms with Crippen LogP contribution >= 0.6 is 0 Å². The minimum atomic E-state index is -0.0790. The van der Waals surface area contributed by atoms with E-state index in [1.54, 1.807) is 0 Å². The molecule has 0 saturated carbocycles. The maximum Gasteiger partial charge on any atom is 0.314 e. The average Bonchev–Trinajstić information content (AvgIpc) is 2.63. The van der Waals surface area contributed by atoms with Crippen molar-refractivity contribution in [3.05, 3.63) is 34.9 Å². The van der Waals surface area contributed by atoms with Gasteiger partial charge in [-0.05, 0) is 56.7 Å². The molecule has 1 aromatic rings. The molecule has 147 valence electrons. The van der Waals surface area contributed by atoms with E-state index in [-0.39, 0.29) is 50.4 Å². The summed E-state index contributed by atoms with van der Waals surface area (Å²) in [6, 6.07) is 6.18. The number of ketones is 1. The van der Waals surface area contributed by atoms with Gasteiger partial charge in [-0.3, -0.25) is 9.59 Å². The summed E-state index contributed by atoms with van der Waals surface area (Å²) < 4.78 is 6.08. The van der Waals surface area contributed by atoms with Gasteiger partial charge in [0, 0.05) is 39.1 Å². The Morgan fingerprint density at radius 2 is 1.85 bits per heavy atom. The van der Waals surface area contributed by atoms with Crippen molar-refractivity contribution >= 4 is 11.8 Å². The summed E-state index contributed by atoms with van der Waals surface area (Å²) in [4.78, 5) is 25.2. The van der Waals surface area contributed by atoms with Crippen LogP contribution in [0.2, 0.25) is 0 Å². The number of likely N-dealkylation sites (N-methyl/N-ethyl adjacent to an activating group) is 1. The van der Waals surface area contributed by atoms with E-state index in [1.165, 1.54) is 11.1 Å². The van der Waals surface area contributed by atoms with Crippen LogP contribution in [0.1, 0.15) is 49.8 Å². The van der Waals surface area contributed by atoms with Gasteiger partial charge < -0.3 is 9.22 Å². The van der Waals surface area contributed by atoms with Gasteiger partial charge in [0.25, 0.3) is 0 Å². The van der Waals surface area contributed by atoms with E-state index in [0.29, 0.717) is 19.6 Å². The predicted molar refractivity (Wildman–Crippen MR) is 104 cm³/mol. The Bertz CT molecular complexity index is 626. The molecule has 0 N–H and O–H groups in total. The molecule has 0 amide bonds. The number of aryl methyl sites for hydroxylation is 2. The summed E-state index contributed by atoms with van der Waals surface area (Å²) in [5.74, 6) is 0.125. The van der Waals surface area contributed by atoms with Crippen molar-refractivity contribution in [2.45, 2.75) is 53.4 Å². The van der Waals surface area contributed by atoms with Crippen molar-refractivity contribution < 1.29 is 51.5 Å². The molecule has 1 radical (unpaired) electrons. The third-order valence-corrected chi connectivity index (χ3v) is 5.78. The molecule has 0 bridgehead atoms. The first-order chi connectivity index (χ1) is 12.4. The number of hydrogen-bond acceptors (Lipinski definition) is 3. The number of Topliss-reactive ketones (excluding diaryl/α,β-unsaturated/α-hetero) is 1. The van der Waals surface area contributed by atoms with Gasteiger partial charge in [-0.1, -0.05) is 25.1 Å². The fraction of sp³-hybridized carbons (Fsp3) is 0.636. The van der Waals surface area contributed by atoms with Crippen molar-refractivity contribution in [3.8, 4) is 0 Å². The van der Waals surface area contributed by atoms with E-state index in [0.717, 1.165) is 48.9 Å². The van der Waals surface area contributed by atoms with E-state index in [4.69, 9.17) is 4.74 Å². The Hall–Kier alpha value is -0.576. The van der Waals surface area contributed by atoms with Gasteiger partial charge in [0.1, 0.15) is 12.5 Å². The minimum Gasteiger partial charge on any atom is -0.465 e. The topological polar surface area (TPSA) is 43.4 Å². The Morgan fingerprint density at radius 1 is 1.19 bits per heavy atom. The molecule has 5 heteroatoms. The Labute approximate surface area is 189 Å². The fourth-order valence-electron chi connectivity index (χ4n) is 4.13. The number of nitrogens with zero attached hydrogens (tertiary/aromatic N) is 1. The molecule has 1 saturated heterocycles. The monoisotopic (exact) mass is 449 g/mol. The van der Waals surface area contributed by atoms with Gasteiger partial charge in [-0.25, -0.2) is 0 Å². The third-order valence-electron chi connectivity index (χ3n) is 5.78. The second-order valence-corrected chi connectivity index (χ2v) is 7.81. The minimum absolute atomic E-state index is 0. The molecule has 0 spiro atoms. The average molecular weight is 449 g/mol. The van der Waals surface area contributed by atoms with Crippen LogP contribution in [0.3, 0.4) is 0 Å². The maximum atomic E-state index is 12.9. The summed E-state index contributed by atoms with van der Waals surface area (Å²) in [6.45, 7) is 11.9. The van der Waals surface area contributed by atoms with Crippen molar-refractivity contribution in [2.24, 2.45) is 5.92 Å². The zero-order valence-electron chi connectivity index (χ0n) is 17.4. The molecule has 1 fully saturated rings. The maximum absolute atomic E-state index is 12.9. The first kappa shape index (κ1) is 24.5. The number of piperidine rings is 1. The van der Waals surface area contributed by atoms with Crippen LogP contribution < -0.4 is 0 Å². The van der Waals surface area contributed by atoms with Crippen molar-refractivity contribution in [1.82, 2.24) is 0 Å². The number of quaternary nitrogens is 1. The summed E-state index contributed by atoms with van der Waals surface area (Å²) in [6.07, 6.45) is 3.20. The number of benzene rings is 1. The molecule has 2 atom stereocenters. The van der Waals surface area contributed by atoms with Crippen LogP contribution in [0.4, 0.5) is 0 Å². The third kappa shape index (κ3) is 6.76. The van der Waals surface area contributed by atoms with E-state index in [9.17, 15) is 9.59 Å². The van der Waals surface area contributed by atoms with Crippen LogP contribution in [0.25, 0.3) is 0 Å². The van der Waals surface area contributed by atoms with E-state index in [1.807, 2.05) is 13.0 Å². The van der Waals surface area contributed by atoms with Gasteiger partial charge in [0.15, 0.2) is 5.78 Å². The number of carbonyl (C=O) groups is 2.